The van der Waals surface area contributed by atoms with Gasteiger partial charge in [0.1, 0.15) is 0 Å². The van der Waals surface area contributed by atoms with E-state index in [1.165, 1.54) is 0 Å². The highest BCUT2D eigenvalue weighted by atomic mass is 16.5. The zero-order chi connectivity index (χ0) is 13.0. The Balaban J connectivity index is 1.89. The summed E-state index contributed by atoms with van der Waals surface area (Å²) in [5.41, 5.74) is 0. The maximum Gasteiger partial charge on any atom is 0.310 e. The molecule has 2 bridgehead atoms. The van der Waals surface area contributed by atoms with E-state index in [1.54, 1.807) is 13.8 Å². The van der Waals surface area contributed by atoms with E-state index in [1.807, 2.05) is 12.2 Å². The largest absolute Gasteiger partial charge is 0.481 e. The fraction of sp³-hybridized carbons (Fsp3) is 0.714. The topological polar surface area (TPSA) is 63.6 Å². The van der Waals surface area contributed by atoms with Crippen molar-refractivity contribution in [3.8, 4) is 0 Å². The van der Waals surface area contributed by atoms with Gasteiger partial charge in [-0.25, -0.2) is 0 Å². The highest BCUT2D eigenvalue weighted by molar-refractivity contribution is 5.83. The van der Waals surface area contributed by atoms with Crippen LogP contribution in [0.5, 0.6) is 0 Å². The van der Waals surface area contributed by atoms with Gasteiger partial charge < -0.3 is 9.84 Å². The first-order valence-electron chi connectivity index (χ1n) is 6.62. The maximum atomic E-state index is 12.2. The Morgan fingerprint density at radius 1 is 1.17 bits per heavy atom. The second-order valence-corrected chi connectivity index (χ2v) is 5.98. The molecule has 4 rings (SSSR count). The summed E-state index contributed by atoms with van der Waals surface area (Å²) < 4.78 is 5.25. The van der Waals surface area contributed by atoms with Crippen molar-refractivity contribution >= 4 is 11.9 Å². The number of aliphatic carboxylic acids is 1. The van der Waals surface area contributed by atoms with Crippen molar-refractivity contribution in [2.75, 3.05) is 0 Å². The lowest BCUT2D eigenvalue weighted by atomic mass is 9.62. The minimum Gasteiger partial charge on any atom is -0.481 e. The number of hydrogen-bond acceptors (Lipinski definition) is 3. The van der Waals surface area contributed by atoms with Gasteiger partial charge in [0.25, 0.3) is 0 Å². The number of ether oxygens (including phenoxy) is 1. The average Bonchev–Trinajstić information content (AvgIpc) is 3.07. The van der Waals surface area contributed by atoms with E-state index in [4.69, 9.17) is 4.74 Å². The molecular formula is C14H18O4. The first kappa shape index (κ1) is 11.8. The van der Waals surface area contributed by atoms with Crippen molar-refractivity contribution in [1.82, 2.24) is 0 Å². The Morgan fingerprint density at radius 2 is 1.72 bits per heavy atom. The first-order valence-corrected chi connectivity index (χ1v) is 6.62. The Hall–Kier alpha value is -1.32. The molecule has 0 amide bonds. The molecule has 0 aromatic heterocycles. The van der Waals surface area contributed by atoms with E-state index in [0.29, 0.717) is 11.8 Å². The quantitative estimate of drug-likeness (QED) is 0.611. The molecule has 0 heterocycles. The van der Waals surface area contributed by atoms with Crippen molar-refractivity contribution in [3.05, 3.63) is 12.2 Å². The summed E-state index contributed by atoms with van der Waals surface area (Å²) >= 11 is 0. The molecule has 4 nitrogen and oxygen atoms in total. The molecule has 1 N–H and O–H groups in total. The van der Waals surface area contributed by atoms with Gasteiger partial charge in [0.15, 0.2) is 0 Å². The zero-order valence-corrected chi connectivity index (χ0v) is 10.6. The van der Waals surface area contributed by atoms with Gasteiger partial charge in [-0.05, 0) is 43.9 Å². The maximum absolute atomic E-state index is 12.2. The Bertz CT molecular complexity index is 426. The molecular weight excluding hydrogens is 232 g/mol. The summed E-state index contributed by atoms with van der Waals surface area (Å²) in [4.78, 5) is 23.6. The van der Waals surface area contributed by atoms with Gasteiger partial charge in [0.2, 0.25) is 0 Å². The van der Waals surface area contributed by atoms with E-state index >= 15 is 0 Å². The molecule has 6 atom stereocenters. The minimum absolute atomic E-state index is 0.0298. The van der Waals surface area contributed by atoms with Crippen LogP contribution >= 0.6 is 0 Å². The van der Waals surface area contributed by atoms with Crippen LogP contribution in [0.4, 0.5) is 0 Å². The lowest BCUT2D eigenvalue weighted by molar-refractivity contribution is -0.167. The summed E-state index contributed by atoms with van der Waals surface area (Å²) in [5, 5.41) is 9.41. The molecule has 4 heteroatoms. The molecule has 4 aliphatic carbocycles. The predicted octanol–water partition coefficient (Wildman–Crippen LogP) is 1.71. The van der Waals surface area contributed by atoms with Gasteiger partial charge in [-0.2, -0.15) is 0 Å². The monoisotopic (exact) mass is 250 g/mol. The average molecular weight is 250 g/mol. The van der Waals surface area contributed by atoms with E-state index < -0.39 is 17.8 Å². The fourth-order valence-corrected chi connectivity index (χ4v) is 3.85. The van der Waals surface area contributed by atoms with Crippen LogP contribution < -0.4 is 0 Å². The van der Waals surface area contributed by atoms with Gasteiger partial charge in [-0.15, -0.1) is 0 Å². The van der Waals surface area contributed by atoms with E-state index in [9.17, 15) is 14.7 Å². The van der Waals surface area contributed by atoms with E-state index in [0.717, 1.165) is 6.42 Å². The SMILES string of the molecule is CC(C)OC(=O)[C@H]1[C@@H]2C=C[C@@H]([C@@H]3C[C@H]23)[C@@H]1C(=O)O. The van der Waals surface area contributed by atoms with E-state index in [2.05, 4.69) is 0 Å². The van der Waals surface area contributed by atoms with Crippen molar-refractivity contribution in [1.29, 1.82) is 0 Å². The summed E-state index contributed by atoms with van der Waals surface area (Å²) in [6.07, 6.45) is 4.94. The highest BCUT2D eigenvalue weighted by Gasteiger charge is 2.63. The standard InChI is InChI=1S/C14H18O4/c1-6(2)18-14(17)12-8-4-3-7(9-5-10(8)9)11(12)13(15)16/h3-4,6-12H,5H2,1-2H3,(H,15,16)/t7-,8+,9-,10+,11-,12-/m0/s1. The molecule has 0 unspecified atom stereocenters. The predicted molar refractivity (Wildman–Crippen MR) is 63.6 cm³/mol. The molecule has 98 valence electrons. The Labute approximate surface area is 106 Å². The number of esters is 1. The third-order valence-electron chi connectivity index (χ3n) is 4.56. The lowest BCUT2D eigenvalue weighted by Gasteiger charge is -2.41. The molecule has 18 heavy (non-hydrogen) atoms. The lowest BCUT2D eigenvalue weighted by Crippen LogP contribution is -2.47. The summed E-state index contributed by atoms with van der Waals surface area (Å²) in [5.74, 6) is -1.15. The number of hydrogen-bond donors (Lipinski definition) is 1. The minimum atomic E-state index is -0.856. The number of carbonyl (C=O) groups is 2. The van der Waals surface area contributed by atoms with Gasteiger partial charge in [0.05, 0.1) is 17.9 Å². The molecule has 2 fully saturated rings. The van der Waals surface area contributed by atoms with Crippen molar-refractivity contribution in [2.45, 2.75) is 26.4 Å². The smallest absolute Gasteiger partial charge is 0.310 e. The van der Waals surface area contributed by atoms with Crippen LogP contribution in [0.1, 0.15) is 20.3 Å². The molecule has 0 radical (unpaired) electrons. The first-order chi connectivity index (χ1) is 8.50. The Kier molecular flexibility index (Phi) is 2.50. The van der Waals surface area contributed by atoms with Crippen LogP contribution in [-0.2, 0) is 14.3 Å². The van der Waals surface area contributed by atoms with Crippen LogP contribution in [-0.4, -0.2) is 23.1 Å². The van der Waals surface area contributed by atoms with Crippen LogP contribution in [0.25, 0.3) is 0 Å². The third-order valence-corrected chi connectivity index (χ3v) is 4.56. The number of allylic oxidation sites excluding steroid dienone is 2. The molecule has 2 saturated carbocycles. The van der Waals surface area contributed by atoms with E-state index in [-0.39, 0.29) is 23.9 Å². The second kappa shape index (κ2) is 3.84. The summed E-state index contributed by atoms with van der Waals surface area (Å²) in [6.45, 7) is 3.59. The number of carbonyl (C=O) groups excluding carboxylic acids is 1. The number of rotatable bonds is 3. The fourth-order valence-electron chi connectivity index (χ4n) is 3.85. The molecule has 0 aromatic carbocycles. The van der Waals surface area contributed by atoms with Gasteiger partial charge in [-0.1, -0.05) is 12.2 Å². The molecule has 4 aliphatic rings. The zero-order valence-electron chi connectivity index (χ0n) is 10.6. The van der Waals surface area contributed by atoms with Gasteiger partial charge in [-0.3, -0.25) is 9.59 Å². The number of carboxylic acid groups (broad SMARTS) is 1. The molecule has 0 saturated heterocycles. The van der Waals surface area contributed by atoms with Crippen molar-refractivity contribution in [3.63, 3.8) is 0 Å². The third kappa shape index (κ3) is 1.58. The second-order valence-electron chi connectivity index (χ2n) is 5.98. The molecule has 0 spiro atoms. The molecule has 0 aromatic rings. The Morgan fingerprint density at radius 3 is 2.22 bits per heavy atom. The number of carboxylic acids is 1. The highest BCUT2D eigenvalue weighted by Crippen LogP contribution is 2.63. The summed E-state index contributed by atoms with van der Waals surface area (Å²) in [6, 6.07) is 0. The van der Waals surface area contributed by atoms with Crippen molar-refractivity contribution < 1.29 is 19.4 Å². The summed E-state index contributed by atoms with van der Waals surface area (Å²) in [7, 11) is 0. The van der Waals surface area contributed by atoms with Gasteiger partial charge >= 0.3 is 11.9 Å². The number of fused-ring (bicyclic) bond motifs is 1. The normalized spacial score (nSPS) is 43.7. The van der Waals surface area contributed by atoms with Gasteiger partial charge in [0, 0.05) is 0 Å². The van der Waals surface area contributed by atoms with Crippen LogP contribution in [0.2, 0.25) is 0 Å². The van der Waals surface area contributed by atoms with Crippen molar-refractivity contribution in [2.24, 2.45) is 35.5 Å². The van der Waals surface area contributed by atoms with Crippen LogP contribution in [0.15, 0.2) is 12.2 Å². The molecule has 0 aliphatic heterocycles. The van der Waals surface area contributed by atoms with Crippen LogP contribution in [0.3, 0.4) is 0 Å². The van der Waals surface area contributed by atoms with Crippen LogP contribution in [0, 0.1) is 35.5 Å².